The van der Waals surface area contributed by atoms with E-state index in [-0.39, 0.29) is 0 Å². The topological polar surface area (TPSA) is 15.3 Å². The molecule has 0 aromatic heterocycles. The van der Waals surface area contributed by atoms with Gasteiger partial charge in [-0.15, -0.1) is 0 Å². The van der Waals surface area contributed by atoms with Gasteiger partial charge in [0.1, 0.15) is 0 Å². The second kappa shape index (κ2) is 6.08. The molecule has 0 heterocycles. The van der Waals surface area contributed by atoms with E-state index in [4.69, 9.17) is 11.6 Å². The van der Waals surface area contributed by atoms with Crippen LogP contribution in [0.4, 0.5) is 11.4 Å². The molecule has 0 atom stereocenters. The van der Waals surface area contributed by atoms with E-state index in [9.17, 15) is 0 Å². The quantitative estimate of drug-likeness (QED) is 0.863. The van der Waals surface area contributed by atoms with E-state index in [0.717, 1.165) is 17.3 Å². The van der Waals surface area contributed by atoms with Gasteiger partial charge >= 0.3 is 0 Å². The minimum atomic E-state index is 0.705. The van der Waals surface area contributed by atoms with Crippen LogP contribution in [0.5, 0.6) is 0 Å². The molecule has 2 aromatic carbocycles. The van der Waals surface area contributed by atoms with Crippen LogP contribution in [0, 0.1) is 6.92 Å². The molecule has 2 aromatic rings. The number of anilines is 2. The first-order valence-electron chi connectivity index (χ1n) is 7.46. The molecule has 110 valence electrons. The Morgan fingerprint density at radius 1 is 1.10 bits per heavy atom. The molecule has 0 radical (unpaired) electrons. The standard InChI is InChI=1S/C18H21ClN2/c1-13-3-8-16(9-4-13)21(2)17-10-5-14(18(19)11-17)12-20-15-6-7-15/h3-5,8-11,15,20H,6-7,12H2,1-2H3. The highest BCUT2D eigenvalue weighted by Gasteiger charge is 2.20. The zero-order valence-electron chi connectivity index (χ0n) is 12.6. The van der Waals surface area contributed by atoms with Crippen LogP contribution in [-0.2, 0) is 6.54 Å². The lowest BCUT2D eigenvalue weighted by molar-refractivity contribution is 0.688. The summed E-state index contributed by atoms with van der Waals surface area (Å²) in [5.74, 6) is 0. The normalized spacial score (nSPS) is 14.2. The molecule has 0 unspecified atom stereocenters. The highest BCUT2D eigenvalue weighted by atomic mass is 35.5. The Bertz CT molecular complexity index is 618. The minimum absolute atomic E-state index is 0.705. The summed E-state index contributed by atoms with van der Waals surface area (Å²) in [6.07, 6.45) is 2.59. The molecule has 1 saturated carbocycles. The van der Waals surface area contributed by atoms with Crippen molar-refractivity contribution in [2.45, 2.75) is 32.4 Å². The first kappa shape index (κ1) is 14.4. The van der Waals surface area contributed by atoms with Crippen molar-refractivity contribution in [2.75, 3.05) is 11.9 Å². The van der Waals surface area contributed by atoms with Gasteiger partial charge in [0, 0.05) is 36.0 Å². The predicted octanol–water partition coefficient (Wildman–Crippen LogP) is 4.67. The Morgan fingerprint density at radius 3 is 2.38 bits per heavy atom. The van der Waals surface area contributed by atoms with Crippen LogP contribution in [0.2, 0.25) is 5.02 Å². The lowest BCUT2D eigenvalue weighted by Gasteiger charge is -2.20. The second-order valence-corrected chi connectivity index (χ2v) is 6.23. The summed E-state index contributed by atoms with van der Waals surface area (Å²) in [6, 6.07) is 15.5. The Kier molecular flexibility index (Phi) is 4.18. The summed E-state index contributed by atoms with van der Waals surface area (Å²) < 4.78 is 0. The zero-order valence-corrected chi connectivity index (χ0v) is 13.3. The van der Waals surface area contributed by atoms with Crippen molar-refractivity contribution >= 4 is 23.0 Å². The molecule has 1 aliphatic carbocycles. The molecule has 3 heteroatoms. The van der Waals surface area contributed by atoms with E-state index in [1.54, 1.807) is 0 Å². The van der Waals surface area contributed by atoms with Gasteiger partial charge in [-0.05, 0) is 49.6 Å². The summed E-state index contributed by atoms with van der Waals surface area (Å²) in [5.41, 5.74) is 4.72. The number of hydrogen-bond donors (Lipinski definition) is 1. The Hall–Kier alpha value is -1.51. The average Bonchev–Trinajstić information content (AvgIpc) is 3.30. The van der Waals surface area contributed by atoms with Gasteiger partial charge in [-0.1, -0.05) is 35.4 Å². The van der Waals surface area contributed by atoms with Gasteiger partial charge in [0.25, 0.3) is 0 Å². The molecule has 3 rings (SSSR count). The molecule has 0 spiro atoms. The largest absolute Gasteiger partial charge is 0.345 e. The van der Waals surface area contributed by atoms with Crippen LogP contribution in [0.25, 0.3) is 0 Å². The van der Waals surface area contributed by atoms with E-state index in [1.807, 2.05) is 6.07 Å². The monoisotopic (exact) mass is 300 g/mol. The summed E-state index contributed by atoms with van der Waals surface area (Å²) in [4.78, 5) is 2.16. The van der Waals surface area contributed by atoms with Gasteiger partial charge in [0.05, 0.1) is 0 Å². The van der Waals surface area contributed by atoms with Gasteiger partial charge in [-0.3, -0.25) is 0 Å². The maximum Gasteiger partial charge on any atom is 0.0471 e. The summed E-state index contributed by atoms with van der Waals surface area (Å²) in [6.45, 7) is 2.96. The zero-order chi connectivity index (χ0) is 14.8. The van der Waals surface area contributed by atoms with Crippen molar-refractivity contribution in [3.05, 3.63) is 58.6 Å². The molecule has 1 fully saturated rings. The van der Waals surface area contributed by atoms with Gasteiger partial charge in [0.2, 0.25) is 0 Å². The van der Waals surface area contributed by atoms with Crippen molar-refractivity contribution in [1.82, 2.24) is 5.32 Å². The van der Waals surface area contributed by atoms with Crippen molar-refractivity contribution in [2.24, 2.45) is 0 Å². The third kappa shape index (κ3) is 3.58. The molecular weight excluding hydrogens is 280 g/mol. The van der Waals surface area contributed by atoms with Crippen molar-refractivity contribution in [3.63, 3.8) is 0 Å². The third-order valence-electron chi connectivity index (χ3n) is 4.00. The predicted molar refractivity (Wildman–Crippen MR) is 90.6 cm³/mol. The maximum absolute atomic E-state index is 6.42. The molecule has 0 saturated heterocycles. The highest BCUT2D eigenvalue weighted by molar-refractivity contribution is 6.31. The van der Waals surface area contributed by atoms with E-state index in [1.165, 1.54) is 29.7 Å². The van der Waals surface area contributed by atoms with Gasteiger partial charge in [0.15, 0.2) is 0 Å². The number of aryl methyl sites for hydroxylation is 1. The van der Waals surface area contributed by atoms with Gasteiger partial charge < -0.3 is 10.2 Å². The Labute approximate surface area is 131 Å². The van der Waals surface area contributed by atoms with Crippen molar-refractivity contribution in [1.29, 1.82) is 0 Å². The van der Waals surface area contributed by atoms with E-state index in [0.29, 0.717) is 6.04 Å². The first-order valence-corrected chi connectivity index (χ1v) is 7.83. The smallest absolute Gasteiger partial charge is 0.0471 e. The molecule has 21 heavy (non-hydrogen) atoms. The number of nitrogens with zero attached hydrogens (tertiary/aromatic N) is 1. The third-order valence-corrected chi connectivity index (χ3v) is 4.36. The van der Waals surface area contributed by atoms with Gasteiger partial charge in [-0.2, -0.15) is 0 Å². The van der Waals surface area contributed by atoms with Crippen molar-refractivity contribution in [3.8, 4) is 0 Å². The molecule has 0 bridgehead atoms. The highest BCUT2D eigenvalue weighted by Crippen LogP contribution is 2.29. The van der Waals surface area contributed by atoms with Crippen LogP contribution in [-0.4, -0.2) is 13.1 Å². The van der Waals surface area contributed by atoms with E-state index >= 15 is 0 Å². The Morgan fingerprint density at radius 2 is 1.76 bits per heavy atom. The molecule has 0 aliphatic heterocycles. The molecule has 2 nitrogen and oxygen atoms in total. The minimum Gasteiger partial charge on any atom is -0.345 e. The number of hydrogen-bond acceptors (Lipinski definition) is 2. The number of rotatable bonds is 5. The number of halogens is 1. The summed E-state index contributed by atoms with van der Waals surface area (Å²) >= 11 is 6.42. The molecule has 1 N–H and O–H groups in total. The number of benzene rings is 2. The van der Waals surface area contributed by atoms with Crippen LogP contribution in [0.1, 0.15) is 24.0 Å². The lowest BCUT2D eigenvalue weighted by Crippen LogP contribution is -2.16. The first-order chi connectivity index (χ1) is 10.1. The fourth-order valence-electron chi connectivity index (χ4n) is 2.35. The lowest BCUT2D eigenvalue weighted by atomic mass is 10.1. The fraction of sp³-hybridized carbons (Fsp3) is 0.333. The SMILES string of the molecule is Cc1ccc(N(C)c2ccc(CNC3CC3)c(Cl)c2)cc1. The Balaban J connectivity index is 1.75. The van der Waals surface area contributed by atoms with Crippen molar-refractivity contribution < 1.29 is 0 Å². The summed E-state index contributed by atoms with van der Waals surface area (Å²) in [5, 5.41) is 4.34. The molecule has 0 amide bonds. The number of nitrogens with one attached hydrogen (secondary N) is 1. The van der Waals surface area contributed by atoms with Crippen LogP contribution >= 0.6 is 11.6 Å². The molecule has 1 aliphatic rings. The van der Waals surface area contributed by atoms with Crippen LogP contribution in [0.15, 0.2) is 42.5 Å². The second-order valence-electron chi connectivity index (χ2n) is 5.83. The maximum atomic E-state index is 6.42. The summed E-state index contributed by atoms with van der Waals surface area (Å²) in [7, 11) is 2.07. The van der Waals surface area contributed by atoms with E-state index in [2.05, 4.69) is 60.6 Å². The average molecular weight is 301 g/mol. The molecular formula is C18H21ClN2. The van der Waals surface area contributed by atoms with Crippen LogP contribution in [0.3, 0.4) is 0 Å². The van der Waals surface area contributed by atoms with E-state index < -0.39 is 0 Å². The van der Waals surface area contributed by atoms with Gasteiger partial charge in [-0.25, -0.2) is 0 Å². The van der Waals surface area contributed by atoms with Crippen LogP contribution < -0.4 is 10.2 Å². The fourth-order valence-corrected chi connectivity index (χ4v) is 2.59.